The van der Waals surface area contributed by atoms with Crippen LogP contribution in [0.2, 0.25) is 0 Å². The first kappa shape index (κ1) is 19.5. The monoisotopic (exact) mass is 402 g/mol. The molecule has 0 radical (unpaired) electrons. The Labute approximate surface area is 174 Å². The van der Waals surface area contributed by atoms with Crippen LogP contribution in [0.4, 0.5) is 5.69 Å². The number of nitrogens with one attached hydrogen (secondary N) is 1. The largest absolute Gasteiger partial charge is 0.339 e. The van der Waals surface area contributed by atoms with Crippen LogP contribution in [0.15, 0.2) is 67.4 Å². The highest BCUT2D eigenvalue weighted by atomic mass is 16.2. The molecule has 0 atom stereocenters. The Balaban J connectivity index is 1.27. The summed E-state index contributed by atoms with van der Waals surface area (Å²) in [6.45, 7) is 1.14. The Morgan fingerprint density at radius 2 is 1.87 bits per heavy atom. The van der Waals surface area contributed by atoms with Crippen LogP contribution in [0, 0.1) is 5.92 Å². The number of piperidine rings is 1. The summed E-state index contributed by atoms with van der Waals surface area (Å²) in [5.41, 5.74) is 1.62. The Kier molecular flexibility index (Phi) is 5.93. The average Bonchev–Trinajstić information content (AvgIpc) is 3.34. The summed E-state index contributed by atoms with van der Waals surface area (Å²) in [7, 11) is 0. The topological polar surface area (TPSA) is 93.0 Å². The van der Waals surface area contributed by atoms with Crippen LogP contribution in [-0.2, 0) is 9.59 Å². The van der Waals surface area contributed by atoms with Crippen LogP contribution in [-0.4, -0.2) is 49.6 Å². The molecule has 0 saturated carbocycles. The zero-order chi connectivity index (χ0) is 20.8. The van der Waals surface area contributed by atoms with Gasteiger partial charge in [-0.2, -0.15) is 5.10 Å². The van der Waals surface area contributed by atoms with Crippen LogP contribution in [0.25, 0.3) is 11.9 Å². The number of likely N-dealkylation sites (tertiary alicyclic amines) is 1. The van der Waals surface area contributed by atoms with Gasteiger partial charge in [0.25, 0.3) is 0 Å². The quantitative estimate of drug-likeness (QED) is 0.662. The molecule has 1 fully saturated rings. The average molecular weight is 402 g/mol. The molecule has 8 nitrogen and oxygen atoms in total. The van der Waals surface area contributed by atoms with E-state index in [1.54, 1.807) is 40.3 Å². The summed E-state index contributed by atoms with van der Waals surface area (Å²) in [5, 5.41) is 6.93. The lowest BCUT2D eigenvalue weighted by Crippen LogP contribution is -2.40. The highest BCUT2D eigenvalue weighted by Gasteiger charge is 2.26. The fourth-order valence-electron chi connectivity index (χ4n) is 3.37. The molecule has 152 valence electrons. The zero-order valence-electron chi connectivity index (χ0n) is 16.4. The number of aromatic nitrogens is 4. The van der Waals surface area contributed by atoms with Crippen molar-refractivity contribution in [1.29, 1.82) is 0 Å². The maximum Gasteiger partial charge on any atom is 0.246 e. The Morgan fingerprint density at radius 3 is 2.53 bits per heavy atom. The maximum absolute atomic E-state index is 12.6. The molecule has 1 saturated heterocycles. The predicted molar refractivity (Wildman–Crippen MR) is 113 cm³/mol. The first-order chi connectivity index (χ1) is 14.7. The van der Waals surface area contributed by atoms with E-state index in [-0.39, 0.29) is 17.7 Å². The van der Waals surface area contributed by atoms with E-state index in [9.17, 15) is 9.59 Å². The van der Waals surface area contributed by atoms with E-state index in [1.807, 2.05) is 36.4 Å². The third kappa shape index (κ3) is 4.78. The van der Waals surface area contributed by atoms with E-state index in [1.165, 1.54) is 6.33 Å². The standard InChI is InChI=1S/C22H22N6O2/c29-21(9-6-17-4-2-1-3-5-17)27-12-10-18(11-13-27)22(30)26-19-7-8-20(24-14-19)28-16-23-15-25-28/h1-9,14-16,18H,10-13H2,(H,26,30)/b9-6+. The highest BCUT2D eigenvalue weighted by Crippen LogP contribution is 2.20. The molecule has 0 spiro atoms. The minimum absolute atomic E-state index is 0.0226. The van der Waals surface area contributed by atoms with Crippen molar-refractivity contribution in [3.05, 3.63) is 73.0 Å². The second kappa shape index (κ2) is 9.13. The second-order valence-electron chi connectivity index (χ2n) is 7.08. The lowest BCUT2D eigenvalue weighted by molar-refractivity contribution is -0.130. The van der Waals surface area contributed by atoms with Crippen molar-refractivity contribution in [2.75, 3.05) is 18.4 Å². The van der Waals surface area contributed by atoms with Gasteiger partial charge in [-0.3, -0.25) is 9.59 Å². The van der Waals surface area contributed by atoms with Crippen molar-refractivity contribution in [3.63, 3.8) is 0 Å². The molecule has 4 rings (SSSR count). The Morgan fingerprint density at radius 1 is 1.07 bits per heavy atom. The van der Waals surface area contributed by atoms with E-state index >= 15 is 0 Å². The second-order valence-corrected chi connectivity index (χ2v) is 7.08. The Hall–Kier alpha value is -3.81. The van der Waals surface area contributed by atoms with Crippen LogP contribution in [0.3, 0.4) is 0 Å². The van der Waals surface area contributed by atoms with Crippen molar-refractivity contribution in [2.45, 2.75) is 12.8 Å². The minimum Gasteiger partial charge on any atom is -0.339 e. The third-order valence-corrected chi connectivity index (χ3v) is 5.06. The van der Waals surface area contributed by atoms with Crippen molar-refractivity contribution in [1.82, 2.24) is 24.6 Å². The number of hydrogen-bond acceptors (Lipinski definition) is 5. The number of rotatable bonds is 5. The lowest BCUT2D eigenvalue weighted by Gasteiger charge is -2.30. The SMILES string of the molecule is O=C(Nc1ccc(-n2cncn2)nc1)C1CCN(C(=O)/C=C/c2ccccc2)CC1. The highest BCUT2D eigenvalue weighted by molar-refractivity contribution is 5.94. The molecule has 1 aliphatic rings. The molecule has 8 heteroatoms. The van der Waals surface area contributed by atoms with Crippen molar-refractivity contribution < 1.29 is 9.59 Å². The van der Waals surface area contributed by atoms with E-state index in [0.29, 0.717) is 37.4 Å². The van der Waals surface area contributed by atoms with Gasteiger partial charge in [0.2, 0.25) is 11.8 Å². The van der Waals surface area contributed by atoms with E-state index in [2.05, 4.69) is 20.4 Å². The van der Waals surface area contributed by atoms with E-state index in [4.69, 9.17) is 0 Å². The number of nitrogens with zero attached hydrogens (tertiary/aromatic N) is 5. The summed E-state index contributed by atoms with van der Waals surface area (Å²) in [6, 6.07) is 13.3. The number of carbonyl (C=O) groups excluding carboxylic acids is 2. The number of amides is 2. The summed E-state index contributed by atoms with van der Waals surface area (Å²) >= 11 is 0. The van der Waals surface area contributed by atoms with Gasteiger partial charge in [-0.15, -0.1) is 0 Å². The first-order valence-electron chi connectivity index (χ1n) is 9.83. The van der Waals surface area contributed by atoms with Crippen molar-refractivity contribution >= 4 is 23.6 Å². The summed E-state index contributed by atoms with van der Waals surface area (Å²) in [6.07, 6.45) is 9.29. The number of benzene rings is 1. The number of hydrogen-bond donors (Lipinski definition) is 1. The van der Waals surface area contributed by atoms with Gasteiger partial charge in [-0.1, -0.05) is 30.3 Å². The van der Waals surface area contributed by atoms with Crippen LogP contribution in [0.1, 0.15) is 18.4 Å². The third-order valence-electron chi connectivity index (χ3n) is 5.06. The summed E-state index contributed by atoms with van der Waals surface area (Å²) in [4.78, 5) is 34.9. The molecule has 1 aromatic carbocycles. The van der Waals surface area contributed by atoms with Gasteiger partial charge in [-0.05, 0) is 36.6 Å². The molecule has 1 aliphatic heterocycles. The van der Waals surface area contributed by atoms with Gasteiger partial charge in [0.15, 0.2) is 5.82 Å². The van der Waals surface area contributed by atoms with Gasteiger partial charge in [0.05, 0.1) is 11.9 Å². The predicted octanol–water partition coefficient (Wildman–Crippen LogP) is 2.55. The number of pyridine rings is 1. The molecule has 0 unspecified atom stereocenters. The fourth-order valence-corrected chi connectivity index (χ4v) is 3.37. The molecule has 0 bridgehead atoms. The van der Waals surface area contributed by atoms with Gasteiger partial charge in [0, 0.05) is 25.1 Å². The molecule has 1 N–H and O–H groups in total. The zero-order valence-corrected chi connectivity index (χ0v) is 16.4. The van der Waals surface area contributed by atoms with Crippen molar-refractivity contribution in [3.8, 4) is 5.82 Å². The lowest BCUT2D eigenvalue weighted by atomic mass is 9.95. The number of carbonyl (C=O) groups is 2. The van der Waals surface area contributed by atoms with Gasteiger partial charge in [0.1, 0.15) is 12.7 Å². The molecule has 2 aromatic heterocycles. The van der Waals surface area contributed by atoms with Gasteiger partial charge >= 0.3 is 0 Å². The number of anilines is 1. The molecule has 0 aliphatic carbocycles. The van der Waals surface area contributed by atoms with Gasteiger partial charge < -0.3 is 10.2 Å². The summed E-state index contributed by atoms with van der Waals surface area (Å²) in [5.74, 6) is 0.436. The molecule has 3 aromatic rings. The smallest absolute Gasteiger partial charge is 0.246 e. The molecule has 3 heterocycles. The van der Waals surface area contributed by atoms with Crippen LogP contribution in [0.5, 0.6) is 0 Å². The van der Waals surface area contributed by atoms with Crippen LogP contribution >= 0.6 is 0 Å². The van der Waals surface area contributed by atoms with E-state index in [0.717, 1.165) is 5.56 Å². The molecule has 2 amide bonds. The van der Waals surface area contributed by atoms with Gasteiger partial charge in [-0.25, -0.2) is 14.6 Å². The molecular formula is C22H22N6O2. The minimum atomic E-state index is -0.123. The fraction of sp³-hybridized carbons (Fsp3) is 0.227. The first-order valence-corrected chi connectivity index (χ1v) is 9.83. The summed E-state index contributed by atoms with van der Waals surface area (Å²) < 4.78 is 1.55. The van der Waals surface area contributed by atoms with Crippen LogP contribution < -0.4 is 5.32 Å². The van der Waals surface area contributed by atoms with Crippen molar-refractivity contribution in [2.24, 2.45) is 5.92 Å². The molecular weight excluding hydrogens is 380 g/mol. The Bertz CT molecular complexity index is 1010. The maximum atomic E-state index is 12.6. The normalized spacial score (nSPS) is 14.7. The van der Waals surface area contributed by atoms with E-state index < -0.39 is 0 Å². The molecule has 30 heavy (non-hydrogen) atoms.